The molecule has 0 aliphatic carbocycles. The molecule has 0 fully saturated rings. The van der Waals surface area contributed by atoms with Crippen molar-refractivity contribution in [3.05, 3.63) is 0 Å². The van der Waals surface area contributed by atoms with Crippen LogP contribution in [0.15, 0.2) is 0 Å². The summed E-state index contributed by atoms with van der Waals surface area (Å²) in [7, 11) is 1.60. The fourth-order valence-electron chi connectivity index (χ4n) is 1.10. The maximum absolute atomic E-state index is 10.6. The van der Waals surface area contributed by atoms with Gasteiger partial charge < -0.3 is 5.11 Å². The number of likely N-dealkylation sites (N-methyl/N-ethyl adjacent to an activating group) is 1. The van der Waals surface area contributed by atoms with Crippen LogP contribution in [0.2, 0.25) is 0 Å². The van der Waals surface area contributed by atoms with Crippen LogP contribution in [-0.2, 0) is 4.79 Å². The van der Waals surface area contributed by atoms with Crippen molar-refractivity contribution in [1.29, 1.82) is 0 Å². The Labute approximate surface area is 102 Å². The van der Waals surface area contributed by atoms with Crippen LogP contribution in [0.25, 0.3) is 0 Å². The van der Waals surface area contributed by atoms with E-state index in [0.29, 0.717) is 11.8 Å². The average molecular weight is 243 g/mol. The van der Waals surface area contributed by atoms with E-state index in [2.05, 4.69) is 37.3 Å². The number of aliphatic carboxylic acids is 1. The molecule has 0 aromatic carbocycles. The third-order valence-electron chi connectivity index (χ3n) is 2.77. The summed E-state index contributed by atoms with van der Waals surface area (Å²) in [5.41, 5.74) is 0. The molecule has 0 saturated carbocycles. The number of hydrogen-bond acceptors (Lipinski definition) is 3. The van der Waals surface area contributed by atoms with Gasteiger partial charge in [0.1, 0.15) is 0 Å². The van der Waals surface area contributed by atoms with E-state index in [-0.39, 0.29) is 0 Å². The molecule has 16 heavy (non-hydrogen) atoms. The molecule has 0 spiro atoms. The largest absolute Gasteiger partial charge is 0.479 e. The summed E-state index contributed by atoms with van der Waals surface area (Å²) in [5.74, 6) is 4.02. The summed E-state index contributed by atoms with van der Waals surface area (Å²) in [6.45, 7) is 6.61. The Kier molecular flexibility index (Phi) is 8.14. The highest BCUT2D eigenvalue weighted by Gasteiger charge is 2.11. The van der Waals surface area contributed by atoms with Gasteiger partial charge in [-0.3, -0.25) is 5.32 Å². The molecule has 0 aliphatic heterocycles. The van der Waals surface area contributed by atoms with Gasteiger partial charge in [0.2, 0.25) is 0 Å². The van der Waals surface area contributed by atoms with Gasteiger partial charge in [-0.15, -0.1) is 0 Å². The highest BCUT2D eigenvalue weighted by molar-refractivity contribution is 8.03. The van der Waals surface area contributed by atoms with Crippen molar-refractivity contribution in [3.63, 3.8) is 0 Å². The normalized spacial score (nSPS) is 15.8. The van der Waals surface area contributed by atoms with E-state index in [4.69, 9.17) is 5.11 Å². The van der Waals surface area contributed by atoms with E-state index in [1.54, 1.807) is 7.05 Å². The van der Waals surface area contributed by atoms with Gasteiger partial charge in [0.15, 0.2) is 6.04 Å². The lowest BCUT2D eigenvalue weighted by Crippen LogP contribution is -2.32. The molecule has 0 radical (unpaired) electrons. The summed E-state index contributed by atoms with van der Waals surface area (Å²) in [5, 5.41) is 14.2. The first-order chi connectivity index (χ1) is 7.52. The SMILES string of the molecule is CCC(C)C(C)CSC#CC(NC)C(=O)O. The molecule has 0 rings (SSSR count). The van der Waals surface area contributed by atoms with Crippen molar-refractivity contribution in [2.75, 3.05) is 12.8 Å². The predicted molar refractivity (Wildman–Crippen MR) is 69.3 cm³/mol. The molecule has 2 N–H and O–H groups in total. The summed E-state index contributed by atoms with van der Waals surface area (Å²) in [6.07, 6.45) is 1.17. The zero-order chi connectivity index (χ0) is 12.6. The van der Waals surface area contributed by atoms with Crippen LogP contribution < -0.4 is 5.32 Å². The minimum absolute atomic E-state index is 0.613. The van der Waals surface area contributed by atoms with Gasteiger partial charge in [0.25, 0.3) is 0 Å². The zero-order valence-electron chi connectivity index (χ0n) is 10.4. The van der Waals surface area contributed by atoms with Crippen molar-refractivity contribution < 1.29 is 9.90 Å². The molecule has 3 atom stereocenters. The lowest BCUT2D eigenvalue weighted by molar-refractivity contribution is -0.137. The molecule has 0 heterocycles. The Hall–Kier alpha value is -0.660. The molecule has 0 aromatic heterocycles. The van der Waals surface area contributed by atoms with Gasteiger partial charge in [0, 0.05) is 5.75 Å². The molecule has 0 bridgehead atoms. The van der Waals surface area contributed by atoms with Crippen molar-refractivity contribution in [1.82, 2.24) is 5.32 Å². The van der Waals surface area contributed by atoms with Crippen LogP contribution in [0.3, 0.4) is 0 Å². The van der Waals surface area contributed by atoms with E-state index < -0.39 is 12.0 Å². The highest BCUT2D eigenvalue weighted by Crippen LogP contribution is 2.18. The first kappa shape index (κ1) is 15.3. The van der Waals surface area contributed by atoms with Crippen LogP contribution in [0.4, 0.5) is 0 Å². The fourth-order valence-corrected chi connectivity index (χ4v) is 1.97. The number of carboxylic acid groups (broad SMARTS) is 1. The molecular formula is C12H21NO2S. The third-order valence-corrected chi connectivity index (χ3v) is 3.73. The minimum atomic E-state index is -0.925. The van der Waals surface area contributed by atoms with E-state index in [0.717, 1.165) is 5.75 Å². The predicted octanol–water partition coefficient (Wildman–Crippen LogP) is 2.04. The number of carboxylic acids is 1. The topological polar surface area (TPSA) is 49.3 Å². The quantitative estimate of drug-likeness (QED) is 0.701. The van der Waals surface area contributed by atoms with Crippen LogP contribution in [0.5, 0.6) is 0 Å². The highest BCUT2D eigenvalue weighted by atomic mass is 32.2. The Morgan fingerprint density at radius 2 is 2.06 bits per heavy atom. The Morgan fingerprint density at radius 1 is 1.44 bits per heavy atom. The number of thioether (sulfide) groups is 1. The van der Waals surface area contributed by atoms with Crippen LogP contribution in [0.1, 0.15) is 27.2 Å². The Balaban J connectivity index is 3.97. The molecule has 0 amide bonds. The molecule has 0 aromatic rings. The van der Waals surface area contributed by atoms with E-state index in [1.165, 1.54) is 18.2 Å². The van der Waals surface area contributed by atoms with Gasteiger partial charge in [-0.25, -0.2) is 4.79 Å². The zero-order valence-corrected chi connectivity index (χ0v) is 11.2. The maximum Gasteiger partial charge on any atom is 0.333 e. The van der Waals surface area contributed by atoms with E-state index >= 15 is 0 Å². The van der Waals surface area contributed by atoms with Crippen LogP contribution in [-0.4, -0.2) is 29.9 Å². The van der Waals surface area contributed by atoms with Gasteiger partial charge in [0.05, 0.1) is 0 Å². The minimum Gasteiger partial charge on any atom is -0.479 e. The van der Waals surface area contributed by atoms with Crippen LogP contribution in [0, 0.1) is 23.0 Å². The van der Waals surface area contributed by atoms with Crippen molar-refractivity contribution >= 4 is 17.7 Å². The maximum atomic E-state index is 10.6. The smallest absolute Gasteiger partial charge is 0.333 e. The number of rotatable bonds is 6. The second-order valence-corrected chi connectivity index (χ2v) is 4.81. The molecule has 0 aliphatic rings. The second kappa shape index (κ2) is 8.49. The summed E-state index contributed by atoms with van der Waals surface area (Å²) in [4.78, 5) is 10.6. The van der Waals surface area contributed by atoms with Crippen molar-refractivity contribution in [3.8, 4) is 11.2 Å². The van der Waals surface area contributed by atoms with Crippen molar-refractivity contribution in [2.45, 2.75) is 33.2 Å². The van der Waals surface area contributed by atoms with Crippen LogP contribution >= 0.6 is 11.8 Å². The lowest BCUT2D eigenvalue weighted by atomic mass is 9.96. The summed E-state index contributed by atoms with van der Waals surface area (Å²) in [6, 6.07) is -0.758. The second-order valence-electron chi connectivity index (χ2n) is 3.98. The Morgan fingerprint density at radius 3 is 2.50 bits per heavy atom. The molecule has 0 saturated heterocycles. The van der Waals surface area contributed by atoms with Gasteiger partial charge >= 0.3 is 5.97 Å². The molecule has 3 nitrogen and oxygen atoms in total. The summed E-state index contributed by atoms with van der Waals surface area (Å²) < 4.78 is 0. The fraction of sp³-hybridized carbons (Fsp3) is 0.750. The van der Waals surface area contributed by atoms with Crippen molar-refractivity contribution in [2.24, 2.45) is 11.8 Å². The monoisotopic (exact) mass is 243 g/mol. The van der Waals surface area contributed by atoms with Gasteiger partial charge in [-0.1, -0.05) is 44.9 Å². The molecule has 3 unspecified atom stereocenters. The van der Waals surface area contributed by atoms with E-state index in [9.17, 15) is 4.79 Å². The first-order valence-corrected chi connectivity index (χ1v) is 6.53. The Bertz CT molecular complexity index is 270. The standard InChI is InChI=1S/C12H21NO2S/c1-5-9(2)10(3)8-16-7-6-11(13-4)12(14)15/h9-11,13H,5,8H2,1-4H3,(H,14,15). The van der Waals surface area contributed by atoms with Gasteiger partial charge in [-0.05, 0) is 24.1 Å². The van der Waals surface area contributed by atoms with Gasteiger partial charge in [-0.2, -0.15) is 0 Å². The number of carbonyl (C=O) groups is 1. The third kappa shape index (κ3) is 6.04. The first-order valence-electron chi connectivity index (χ1n) is 5.55. The summed E-state index contributed by atoms with van der Waals surface area (Å²) >= 11 is 1.50. The number of nitrogens with one attached hydrogen (secondary N) is 1. The average Bonchev–Trinajstić information content (AvgIpc) is 2.27. The molecular weight excluding hydrogens is 222 g/mol. The van der Waals surface area contributed by atoms with E-state index in [1.807, 2.05) is 0 Å². The molecule has 4 heteroatoms. The lowest BCUT2D eigenvalue weighted by Gasteiger charge is -2.15. The molecule has 92 valence electrons. The number of hydrogen-bond donors (Lipinski definition) is 2.